The van der Waals surface area contributed by atoms with E-state index in [1.165, 1.54) is 0 Å². The molecule has 0 heterocycles. The van der Waals surface area contributed by atoms with Gasteiger partial charge in [-0.2, -0.15) is 0 Å². The zero-order valence-corrected chi connectivity index (χ0v) is 10.1. The Balaban J connectivity index is 3.94. The van der Waals surface area contributed by atoms with Gasteiger partial charge in [-0.25, -0.2) is 0 Å². The maximum atomic E-state index is 11.6. The van der Waals surface area contributed by atoms with Crippen LogP contribution in [0.25, 0.3) is 0 Å². The smallest absolute Gasteiger partial charge is 0.236 e. The van der Waals surface area contributed by atoms with Gasteiger partial charge in [0.2, 0.25) is 5.91 Å². The summed E-state index contributed by atoms with van der Waals surface area (Å²) in [5.74, 6) is 3.09. The first-order valence-electron chi connectivity index (χ1n) is 5.51. The molecule has 2 atom stereocenters. The van der Waals surface area contributed by atoms with E-state index in [0.717, 1.165) is 6.42 Å². The second-order valence-electron chi connectivity index (χ2n) is 4.15. The normalized spacial score (nSPS) is 14.4. The molecular weight excluding hydrogens is 188 g/mol. The van der Waals surface area contributed by atoms with Crippen LogP contribution in [0.15, 0.2) is 0 Å². The number of rotatable bonds is 6. The molecule has 86 valence electrons. The topological polar surface area (TPSA) is 41.1 Å². The van der Waals surface area contributed by atoms with E-state index in [-0.39, 0.29) is 18.0 Å². The number of hydrogen-bond acceptors (Lipinski definition) is 2. The van der Waals surface area contributed by atoms with Crippen molar-refractivity contribution >= 4 is 5.91 Å². The van der Waals surface area contributed by atoms with Gasteiger partial charge >= 0.3 is 0 Å². The highest BCUT2D eigenvalue weighted by atomic mass is 16.2. The molecule has 0 aromatic carbocycles. The third-order valence-corrected chi connectivity index (χ3v) is 2.14. The zero-order chi connectivity index (χ0) is 11.8. The number of carbonyl (C=O) groups excluding carboxylic acids is 1. The molecule has 3 heteroatoms. The maximum Gasteiger partial charge on any atom is 0.236 e. The lowest BCUT2D eigenvalue weighted by atomic mass is 10.2. The van der Waals surface area contributed by atoms with Crippen LogP contribution in [0.1, 0.15) is 34.1 Å². The summed E-state index contributed by atoms with van der Waals surface area (Å²) in [5.41, 5.74) is 0. The van der Waals surface area contributed by atoms with Crippen molar-refractivity contribution in [3.05, 3.63) is 0 Å². The van der Waals surface area contributed by atoms with E-state index >= 15 is 0 Å². The Morgan fingerprint density at radius 2 is 2.00 bits per heavy atom. The molecule has 0 fully saturated rings. The van der Waals surface area contributed by atoms with Gasteiger partial charge in [0.15, 0.2) is 0 Å². The van der Waals surface area contributed by atoms with Crippen LogP contribution in [-0.4, -0.2) is 24.5 Å². The fraction of sp³-hybridized carbons (Fsp3) is 0.750. The highest BCUT2D eigenvalue weighted by Gasteiger charge is 2.14. The fourth-order valence-electron chi connectivity index (χ4n) is 1.12. The van der Waals surface area contributed by atoms with Gasteiger partial charge in [-0.05, 0) is 19.3 Å². The summed E-state index contributed by atoms with van der Waals surface area (Å²) < 4.78 is 0. The van der Waals surface area contributed by atoms with E-state index in [2.05, 4.69) is 30.4 Å². The van der Waals surface area contributed by atoms with E-state index in [1.807, 2.05) is 13.8 Å². The van der Waals surface area contributed by atoms with E-state index in [1.54, 1.807) is 0 Å². The molecule has 2 unspecified atom stereocenters. The van der Waals surface area contributed by atoms with Gasteiger partial charge in [-0.3, -0.25) is 10.1 Å². The molecule has 0 aliphatic carbocycles. The number of nitrogens with one attached hydrogen (secondary N) is 2. The molecule has 3 nitrogen and oxygen atoms in total. The number of terminal acetylenes is 1. The van der Waals surface area contributed by atoms with Crippen LogP contribution >= 0.6 is 0 Å². The molecule has 0 radical (unpaired) electrons. The minimum atomic E-state index is -0.232. The van der Waals surface area contributed by atoms with Gasteiger partial charge in [-0.15, -0.1) is 6.42 Å². The van der Waals surface area contributed by atoms with Gasteiger partial charge in [0, 0.05) is 6.54 Å². The second kappa shape index (κ2) is 7.30. The lowest BCUT2D eigenvalue weighted by Gasteiger charge is -2.18. The largest absolute Gasteiger partial charge is 0.354 e. The average Bonchev–Trinajstić information content (AvgIpc) is 2.21. The quantitative estimate of drug-likeness (QED) is 0.646. The number of carbonyl (C=O) groups is 1. The third-order valence-electron chi connectivity index (χ3n) is 2.14. The van der Waals surface area contributed by atoms with Gasteiger partial charge in [-0.1, -0.05) is 26.7 Å². The fourth-order valence-corrected chi connectivity index (χ4v) is 1.12. The third kappa shape index (κ3) is 6.14. The molecule has 0 aromatic heterocycles. The molecule has 0 rings (SSSR count). The Hall–Kier alpha value is -1.01. The Bertz CT molecular complexity index is 230. The van der Waals surface area contributed by atoms with Crippen molar-refractivity contribution in [2.75, 3.05) is 6.54 Å². The average molecular weight is 210 g/mol. The Morgan fingerprint density at radius 1 is 1.40 bits per heavy atom. The first kappa shape index (κ1) is 14.0. The lowest BCUT2D eigenvalue weighted by Crippen LogP contribution is -2.46. The summed E-state index contributed by atoms with van der Waals surface area (Å²) in [6, 6.07) is -0.255. The van der Waals surface area contributed by atoms with Crippen molar-refractivity contribution in [3.8, 4) is 12.3 Å². The van der Waals surface area contributed by atoms with Gasteiger partial charge in [0.05, 0.1) is 12.1 Å². The van der Waals surface area contributed by atoms with Crippen molar-refractivity contribution < 1.29 is 4.79 Å². The number of amides is 1. The first-order valence-corrected chi connectivity index (χ1v) is 5.51. The molecular formula is C12H22N2O. The molecule has 0 saturated carbocycles. The summed E-state index contributed by atoms with van der Waals surface area (Å²) in [6.45, 7) is 8.66. The Morgan fingerprint density at radius 3 is 2.40 bits per heavy atom. The molecule has 0 saturated heterocycles. The summed E-state index contributed by atoms with van der Waals surface area (Å²) in [4.78, 5) is 11.6. The van der Waals surface area contributed by atoms with Crippen LogP contribution in [0.4, 0.5) is 0 Å². The molecule has 0 bridgehead atoms. The molecule has 0 aromatic rings. The highest BCUT2D eigenvalue weighted by Crippen LogP contribution is 1.93. The second-order valence-corrected chi connectivity index (χ2v) is 4.15. The van der Waals surface area contributed by atoms with Crippen molar-refractivity contribution in [1.29, 1.82) is 0 Å². The number of hydrogen-bond donors (Lipinski definition) is 2. The van der Waals surface area contributed by atoms with E-state index in [0.29, 0.717) is 12.5 Å². The Labute approximate surface area is 93.0 Å². The predicted molar refractivity (Wildman–Crippen MR) is 63.4 cm³/mol. The summed E-state index contributed by atoms with van der Waals surface area (Å²) in [6.07, 6.45) is 6.14. The van der Waals surface area contributed by atoms with Gasteiger partial charge in [0.1, 0.15) is 0 Å². The van der Waals surface area contributed by atoms with Gasteiger partial charge < -0.3 is 5.32 Å². The van der Waals surface area contributed by atoms with E-state index in [4.69, 9.17) is 6.42 Å². The van der Waals surface area contributed by atoms with Crippen LogP contribution in [0, 0.1) is 18.3 Å². The van der Waals surface area contributed by atoms with Crippen LogP contribution < -0.4 is 10.6 Å². The zero-order valence-electron chi connectivity index (χ0n) is 10.1. The molecule has 0 aliphatic heterocycles. The summed E-state index contributed by atoms with van der Waals surface area (Å²) >= 11 is 0. The standard InChI is InChI=1S/C12H22N2O/c1-6-11(7-2)14-10(5)12(15)13-8-9(3)4/h1,9-11,14H,7-8H2,2-5H3,(H,13,15). The molecule has 2 N–H and O–H groups in total. The van der Waals surface area contributed by atoms with Crippen molar-refractivity contribution in [2.45, 2.75) is 46.2 Å². The maximum absolute atomic E-state index is 11.6. The molecule has 0 spiro atoms. The van der Waals surface area contributed by atoms with Crippen LogP contribution in [0.2, 0.25) is 0 Å². The molecule has 1 amide bonds. The Kier molecular flexibility index (Phi) is 6.81. The molecule has 0 aliphatic rings. The predicted octanol–water partition coefficient (Wildman–Crippen LogP) is 1.15. The monoisotopic (exact) mass is 210 g/mol. The highest BCUT2D eigenvalue weighted by molar-refractivity contribution is 5.81. The minimum Gasteiger partial charge on any atom is -0.354 e. The molecule has 15 heavy (non-hydrogen) atoms. The van der Waals surface area contributed by atoms with Crippen LogP contribution in [0.3, 0.4) is 0 Å². The van der Waals surface area contributed by atoms with Crippen molar-refractivity contribution in [1.82, 2.24) is 10.6 Å². The lowest BCUT2D eigenvalue weighted by molar-refractivity contribution is -0.123. The first-order chi connectivity index (χ1) is 7.01. The summed E-state index contributed by atoms with van der Waals surface area (Å²) in [5, 5.41) is 5.96. The van der Waals surface area contributed by atoms with E-state index < -0.39 is 0 Å². The van der Waals surface area contributed by atoms with Crippen molar-refractivity contribution in [2.24, 2.45) is 5.92 Å². The minimum absolute atomic E-state index is 0.0115. The van der Waals surface area contributed by atoms with Crippen LogP contribution in [0.5, 0.6) is 0 Å². The van der Waals surface area contributed by atoms with E-state index in [9.17, 15) is 4.79 Å². The van der Waals surface area contributed by atoms with Crippen LogP contribution in [-0.2, 0) is 4.79 Å². The SMILES string of the molecule is C#CC(CC)NC(C)C(=O)NCC(C)C. The van der Waals surface area contributed by atoms with Gasteiger partial charge in [0.25, 0.3) is 0 Å². The van der Waals surface area contributed by atoms with Crippen molar-refractivity contribution in [3.63, 3.8) is 0 Å². The summed E-state index contributed by atoms with van der Waals surface area (Å²) in [7, 11) is 0.